The monoisotopic (exact) mass is 435 g/mol. The summed E-state index contributed by atoms with van der Waals surface area (Å²) in [6, 6.07) is 27.3. The Morgan fingerprint density at radius 2 is 1.58 bits per heavy atom. The number of rotatable bonds is 7. The molecule has 0 aliphatic heterocycles. The average Bonchev–Trinajstić information content (AvgIpc) is 3.33. The molecule has 1 N–H and O–H groups in total. The minimum atomic E-state index is -0.296. The van der Waals surface area contributed by atoms with E-state index in [1.54, 1.807) is 17.1 Å². The average molecular weight is 436 g/mol. The molecular weight excluding hydrogens is 410 g/mol. The van der Waals surface area contributed by atoms with Gasteiger partial charge in [-0.25, -0.2) is 10.1 Å². The summed E-state index contributed by atoms with van der Waals surface area (Å²) < 4.78 is 1.78. The van der Waals surface area contributed by atoms with Crippen LogP contribution in [0.2, 0.25) is 0 Å². The molecule has 1 heterocycles. The van der Waals surface area contributed by atoms with Crippen LogP contribution >= 0.6 is 0 Å². The number of hydrogen-bond donors (Lipinski definition) is 1. The van der Waals surface area contributed by atoms with Crippen molar-refractivity contribution in [1.29, 1.82) is 0 Å². The number of hydrazone groups is 1. The Morgan fingerprint density at radius 3 is 2.24 bits per heavy atom. The van der Waals surface area contributed by atoms with E-state index < -0.39 is 0 Å². The lowest BCUT2D eigenvalue weighted by atomic mass is 10.0. The number of nitrogens with one attached hydrogen (secondary N) is 1. The van der Waals surface area contributed by atoms with Crippen LogP contribution < -0.4 is 10.3 Å². The summed E-state index contributed by atoms with van der Waals surface area (Å²) in [4.78, 5) is 15.1. The van der Waals surface area contributed by atoms with Crippen LogP contribution in [0.5, 0.6) is 0 Å². The van der Waals surface area contributed by atoms with Crippen LogP contribution in [0.25, 0.3) is 17.3 Å². The second-order valence-corrected chi connectivity index (χ2v) is 7.66. The number of aromatic nitrogens is 2. The predicted molar refractivity (Wildman–Crippen MR) is 134 cm³/mol. The second kappa shape index (κ2) is 10.2. The van der Waals surface area contributed by atoms with Crippen LogP contribution in [0.1, 0.15) is 16.7 Å². The van der Waals surface area contributed by atoms with Crippen molar-refractivity contribution in [2.45, 2.75) is 0 Å². The number of amides is 1. The van der Waals surface area contributed by atoms with Gasteiger partial charge in [0.05, 0.1) is 18.1 Å². The van der Waals surface area contributed by atoms with E-state index in [0.717, 1.165) is 28.1 Å². The molecule has 33 heavy (non-hydrogen) atoms. The number of carbonyl (C=O) groups is 1. The van der Waals surface area contributed by atoms with Crippen molar-refractivity contribution >= 4 is 29.5 Å². The van der Waals surface area contributed by atoms with Crippen molar-refractivity contribution in [3.63, 3.8) is 0 Å². The normalized spacial score (nSPS) is 11.5. The molecular formula is C27H25N5O. The summed E-state index contributed by atoms with van der Waals surface area (Å²) in [6.07, 6.45) is 7.08. The van der Waals surface area contributed by atoms with Crippen LogP contribution in [0.3, 0.4) is 0 Å². The molecule has 0 bridgehead atoms. The molecule has 1 aromatic heterocycles. The first-order valence-corrected chi connectivity index (χ1v) is 10.6. The summed E-state index contributed by atoms with van der Waals surface area (Å²) in [5.41, 5.74) is 7.72. The molecule has 0 radical (unpaired) electrons. The molecule has 164 valence electrons. The van der Waals surface area contributed by atoms with E-state index in [9.17, 15) is 4.79 Å². The Bertz CT molecular complexity index is 1260. The molecule has 6 heteroatoms. The maximum atomic E-state index is 13.0. The molecule has 0 aliphatic carbocycles. The van der Waals surface area contributed by atoms with Gasteiger partial charge in [0.2, 0.25) is 0 Å². The summed E-state index contributed by atoms with van der Waals surface area (Å²) in [5, 5.41) is 8.58. The minimum absolute atomic E-state index is 0.296. The van der Waals surface area contributed by atoms with Crippen molar-refractivity contribution in [2.24, 2.45) is 5.10 Å². The summed E-state index contributed by atoms with van der Waals surface area (Å²) in [6.45, 7) is 0. The fourth-order valence-electron chi connectivity index (χ4n) is 3.28. The van der Waals surface area contributed by atoms with Crippen molar-refractivity contribution in [2.75, 3.05) is 19.0 Å². The van der Waals surface area contributed by atoms with Gasteiger partial charge >= 0.3 is 0 Å². The Balaban J connectivity index is 1.55. The van der Waals surface area contributed by atoms with Crippen LogP contribution in [0, 0.1) is 0 Å². The van der Waals surface area contributed by atoms with E-state index in [0.29, 0.717) is 5.57 Å². The van der Waals surface area contributed by atoms with Crippen LogP contribution in [0.15, 0.2) is 102 Å². The fraction of sp³-hybridized carbons (Fsp3) is 0.0741. The third-order valence-corrected chi connectivity index (χ3v) is 5.05. The Kier molecular flexibility index (Phi) is 6.75. The molecule has 4 rings (SSSR count). The number of carbonyl (C=O) groups excluding carboxylic acids is 1. The van der Waals surface area contributed by atoms with Gasteiger partial charge in [0.25, 0.3) is 5.91 Å². The summed E-state index contributed by atoms with van der Waals surface area (Å²) in [7, 11) is 3.98. The first-order chi connectivity index (χ1) is 16.1. The van der Waals surface area contributed by atoms with E-state index >= 15 is 0 Å². The number of anilines is 1. The molecule has 0 unspecified atom stereocenters. The highest BCUT2D eigenvalue weighted by molar-refractivity contribution is 6.24. The van der Waals surface area contributed by atoms with Gasteiger partial charge in [-0.2, -0.15) is 10.2 Å². The summed E-state index contributed by atoms with van der Waals surface area (Å²) >= 11 is 0. The zero-order chi connectivity index (χ0) is 23.0. The van der Waals surface area contributed by atoms with Gasteiger partial charge in [-0.1, -0.05) is 60.7 Å². The maximum absolute atomic E-state index is 13.0. The van der Waals surface area contributed by atoms with E-state index in [-0.39, 0.29) is 5.91 Å². The minimum Gasteiger partial charge on any atom is -0.378 e. The molecule has 0 saturated heterocycles. The predicted octanol–water partition coefficient (Wildman–Crippen LogP) is 4.63. The third-order valence-electron chi connectivity index (χ3n) is 5.05. The lowest BCUT2D eigenvalue weighted by Gasteiger charge is -2.11. The first kappa shape index (κ1) is 21.8. The van der Waals surface area contributed by atoms with Gasteiger partial charge in [-0.05, 0) is 41.5 Å². The molecule has 6 nitrogen and oxygen atoms in total. The van der Waals surface area contributed by atoms with E-state index in [4.69, 9.17) is 0 Å². The highest BCUT2D eigenvalue weighted by Gasteiger charge is 2.12. The third kappa shape index (κ3) is 5.62. The number of nitrogens with zero attached hydrogens (tertiary/aromatic N) is 4. The molecule has 1 amide bonds. The molecule has 0 spiro atoms. The fourth-order valence-corrected chi connectivity index (χ4v) is 3.28. The molecule has 0 fully saturated rings. The highest BCUT2D eigenvalue weighted by atomic mass is 16.2. The van der Waals surface area contributed by atoms with Gasteiger partial charge < -0.3 is 4.90 Å². The van der Waals surface area contributed by atoms with Crippen LogP contribution in [0.4, 0.5) is 5.69 Å². The quantitative estimate of drug-likeness (QED) is 0.262. The van der Waals surface area contributed by atoms with Gasteiger partial charge in [0.1, 0.15) is 0 Å². The SMILES string of the molecule is CN(C)c1ccc(/C=N/NC(=O)/C(=C/c2cnn(-c3ccccc3)c2)c2ccccc2)cc1. The van der Waals surface area contributed by atoms with Gasteiger partial charge in [0, 0.05) is 37.1 Å². The number of para-hydroxylation sites is 1. The molecule has 0 saturated carbocycles. The van der Waals surface area contributed by atoms with Crippen LogP contribution in [-0.4, -0.2) is 36.0 Å². The van der Waals surface area contributed by atoms with E-state index in [1.807, 2.05) is 116 Å². The van der Waals surface area contributed by atoms with Crippen molar-refractivity contribution in [3.05, 3.63) is 114 Å². The Hall–Kier alpha value is -4.45. The maximum Gasteiger partial charge on any atom is 0.271 e. The van der Waals surface area contributed by atoms with Crippen molar-refractivity contribution in [1.82, 2.24) is 15.2 Å². The molecule has 0 atom stereocenters. The second-order valence-electron chi connectivity index (χ2n) is 7.66. The Labute approximate surface area is 193 Å². The molecule has 3 aromatic carbocycles. The largest absolute Gasteiger partial charge is 0.378 e. The van der Waals surface area contributed by atoms with E-state index in [2.05, 4.69) is 15.6 Å². The number of hydrogen-bond acceptors (Lipinski definition) is 4. The highest BCUT2D eigenvalue weighted by Crippen LogP contribution is 2.19. The van der Waals surface area contributed by atoms with Gasteiger partial charge in [0.15, 0.2) is 0 Å². The zero-order valence-electron chi connectivity index (χ0n) is 18.6. The standard InChI is InChI=1S/C27H25N5O/c1-31(2)24-15-13-21(14-16-24)18-28-30-27(33)26(23-9-5-3-6-10-23)17-22-19-29-32(20-22)25-11-7-4-8-12-25/h3-20H,1-2H3,(H,30,33)/b26-17+,28-18+. The van der Waals surface area contributed by atoms with Crippen LogP contribution in [-0.2, 0) is 4.79 Å². The van der Waals surface area contributed by atoms with Gasteiger partial charge in [-0.15, -0.1) is 0 Å². The summed E-state index contributed by atoms with van der Waals surface area (Å²) in [5.74, 6) is -0.296. The lowest BCUT2D eigenvalue weighted by Crippen LogP contribution is -2.19. The lowest BCUT2D eigenvalue weighted by molar-refractivity contribution is -0.115. The topological polar surface area (TPSA) is 62.5 Å². The van der Waals surface area contributed by atoms with E-state index in [1.165, 1.54) is 0 Å². The zero-order valence-corrected chi connectivity index (χ0v) is 18.6. The number of benzene rings is 3. The Morgan fingerprint density at radius 1 is 0.909 bits per heavy atom. The van der Waals surface area contributed by atoms with Crippen molar-refractivity contribution < 1.29 is 4.79 Å². The molecule has 4 aromatic rings. The van der Waals surface area contributed by atoms with Gasteiger partial charge in [-0.3, -0.25) is 4.79 Å². The first-order valence-electron chi connectivity index (χ1n) is 10.6. The van der Waals surface area contributed by atoms with Crippen molar-refractivity contribution in [3.8, 4) is 5.69 Å². The molecule has 0 aliphatic rings. The smallest absolute Gasteiger partial charge is 0.271 e.